The Balaban J connectivity index is 1.12. The van der Waals surface area contributed by atoms with Gasteiger partial charge >= 0.3 is 13.3 Å². The van der Waals surface area contributed by atoms with Crippen LogP contribution < -0.4 is 0 Å². The molecule has 9 rings (SSSR count). The van der Waals surface area contributed by atoms with Crippen molar-refractivity contribution in [3.63, 3.8) is 0 Å². The van der Waals surface area contributed by atoms with Crippen molar-refractivity contribution < 1.29 is 58.5 Å². The van der Waals surface area contributed by atoms with Crippen molar-refractivity contribution in [2.24, 2.45) is 28.6 Å². The van der Waals surface area contributed by atoms with Gasteiger partial charge in [0.15, 0.2) is 6.29 Å². The number of hydrogen-bond donors (Lipinski definition) is 5. The highest BCUT2D eigenvalue weighted by Gasteiger charge is 2.78. The molecular weight excluding hydrogens is 551 g/mol. The number of carbonyl (C=O) groups is 1. The summed E-state index contributed by atoms with van der Waals surface area (Å²) in [4.78, 5) is 12.0. The largest absolute Gasteiger partial charge is 0.639 e. The maximum Gasteiger partial charge on any atom is 0.639 e. The van der Waals surface area contributed by atoms with Crippen molar-refractivity contribution in [2.45, 2.75) is 119 Å². The van der Waals surface area contributed by atoms with Crippen LogP contribution in [0.2, 0.25) is 0 Å². The van der Waals surface area contributed by atoms with E-state index in [-0.39, 0.29) is 49.5 Å². The van der Waals surface area contributed by atoms with Gasteiger partial charge in [-0.15, -0.1) is 0 Å². The van der Waals surface area contributed by atoms with Gasteiger partial charge in [0, 0.05) is 36.5 Å². The lowest BCUT2D eigenvalue weighted by Crippen LogP contribution is -2.76. The number of aliphatic hydroxyl groups is 5. The highest BCUT2D eigenvalue weighted by Crippen LogP contribution is 2.72. The third kappa shape index (κ3) is 3.52. The summed E-state index contributed by atoms with van der Waals surface area (Å²) < 4.78 is 36.2. The Morgan fingerprint density at radius 1 is 1.05 bits per heavy atom. The first-order chi connectivity index (χ1) is 19.9. The van der Waals surface area contributed by atoms with E-state index in [1.54, 1.807) is 13.0 Å². The van der Waals surface area contributed by atoms with Crippen LogP contribution in [-0.4, -0.2) is 112 Å². The molecule has 15 atom stereocenters. The minimum Gasteiger partial charge on any atom is -0.458 e. The van der Waals surface area contributed by atoms with Crippen molar-refractivity contribution in [1.82, 2.24) is 0 Å². The summed E-state index contributed by atoms with van der Waals surface area (Å²) in [5.74, 6) is -0.749. The Morgan fingerprint density at radius 3 is 2.62 bits per heavy atom. The molecule has 5 aliphatic heterocycles. The van der Waals surface area contributed by atoms with E-state index in [4.69, 9.17) is 28.2 Å². The SMILES string of the molecule is C[C@@H]1O[C@@H](O[C@H]2C[C@H]3OB4OC[C@]35[C@@H]3C(CC[C@]5(O)C2)[C@@]2(O)CC[C@H](C5=CC(=O)OC5)[C@@]2(C)C[C@H]3O4)[C@H](O)[C@H](O)[C@H]1O. The maximum atomic E-state index is 12.7. The molecule has 9 aliphatic rings. The van der Waals surface area contributed by atoms with Crippen molar-refractivity contribution in [3.05, 3.63) is 11.6 Å². The topological polar surface area (TPSA) is 174 Å². The number of ether oxygens (including phenoxy) is 3. The molecule has 13 heteroatoms. The monoisotopic (exact) mass is 592 g/mol. The fourth-order valence-corrected chi connectivity index (χ4v) is 10.9. The van der Waals surface area contributed by atoms with E-state index in [1.807, 2.05) is 0 Å². The Hall–Kier alpha value is -1.13. The zero-order valence-electron chi connectivity index (χ0n) is 24.0. The molecule has 5 N–H and O–H groups in total. The van der Waals surface area contributed by atoms with Crippen LogP contribution in [-0.2, 0) is 33.0 Å². The molecule has 0 aromatic carbocycles. The fourth-order valence-electron chi connectivity index (χ4n) is 10.9. The minimum atomic E-state index is -1.45. The quantitative estimate of drug-likeness (QED) is 0.163. The predicted octanol–water partition coefficient (Wildman–Crippen LogP) is -0.430. The fraction of sp³-hybridized carbons (Fsp3) is 0.897. The number of aliphatic hydroxyl groups excluding tert-OH is 3. The maximum absolute atomic E-state index is 12.7. The van der Waals surface area contributed by atoms with E-state index < -0.39 is 72.3 Å². The van der Waals surface area contributed by atoms with Gasteiger partial charge in [0.25, 0.3) is 0 Å². The first-order valence-electron chi connectivity index (χ1n) is 15.5. The first-order valence-corrected chi connectivity index (χ1v) is 15.5. The number of cyclic esters (lactones) is 1. The third-order valence-electron chi connectivity index (χ3n) is 12.9. The summed E-state index contributed by atoms with van der Waals surface area (Å²) in [5, 5.41) is 56.2. The van der Waals surface area contributed by atoms with E-state index in [0.717, 1.165) is 12.0 Å². The summed E-state index contributed by atoms with van der Waals surface area (Å²) in [7, 11) is -0.932. The summed E-state index contributed by atoms with van der Waals surface area (Å²) in [6.45, 7) is 4.21. The highest BCUT2D eigenvalue weighted by molar-refractivity contribution is 6.37. The number of fused-ring (bicyclic) bond motifs is 3. The average molecular weight is 592 g/mol. The smallest absolute Gasteiger partial charge is 0.458 e. The lowest BCUT2D eigenvalue weighted by atomic mass is 9.40. The summed E-state index contributed by atoms with van der Waals surface area (Å²) in [6.07, 6.45) is -2.36. The van der Waals surface area contributed by atoms with Crippen molar-refractivity contribution >= 4 is 13.3 Å². The number of esters is 1. The third-order valence-corrected chi connectivity index (χ3v) is 12.9. The lowest BCUT2D eigenvalue weighted by Gasteiger charge is -2.69. The Labute approximate surface area is 244 Å². The Bertz CT molecular complexity index is 1190. The van der Waals surface area contributed by atoms with E-state index in [2.05, 4.69) is 6.92 Å². The molecule has 232 valence electrons. The lowest BCUT2D eigenvalue weighted by molar-refractivity contribution is -0.336. The second kappa shape index (κ2) is 9.21. The molecule has 1 spiro atoms. The number of rotatable bonds is 3. The van der Waals surface area contributed by atoms with Gasteiger partial charge in [0.1, 0.15) is 24.9 Å². The van der Waals surface area contributed by atoms with Crippen molar-refractivity contribution in [1.29, 1.82) is 0 Å². The molecule has 0 aromatic rings. The Morgan fingerprint density at radius 2 is 1.86 bits per heavy atom. The van der Waals surface area contributed by atoms with Gasteiger partial charge in [-0.2, -0.15) is 0 Å². The van der Waals surface area contributed by atoms with Crippen LogP contribution in [0, 0.1) is 28.6 Å². The van der Waals surface area contributed by atoms with Crippen LogP contribution >= 0.6 is 0 Å². The first kappa shape index (κ1) is 28.4. The Kier molecular flexibility index (Phi) is 6.22. The molecule has 12 nitrogen and oxygen atoms in total. The summed E-state index contributed by atoms with van der Waals surface area (Å²) in [6, 6.07) is 0. The molecule has 8 fully saturated rings. The van der Waals surface area contributed by atoms with Gasteiger partial charge in [0.05, 0.1) is 34.9 Å². The molecule has 4 saturated heterocycles. The van der Waals surface area contributed by atoms with Crippen LogP contribution in [0.15, 0.2) is 11.6 Å². The van der Waals surface area contributed by atoms with Gasteiger partial charge in [-0.1, -0.05) is 6.92 Å². The van der Waals surface area contributed by atoms with E-state index >= 15 is 0 Å². The predicted molar refractivity (Wildman–Crippen MR) is 141 cm³/mol. The molecule has 4 aliphatic carbocycles. The van der Waals surface area contributed by atoms with Gasteiger partial charge in [0.2, 0.25) is 0 Å². The second-order valence-corrected chi connectivity index (χ2v) is 14.5. The van der Waals surface area contributed by atoms with Gasteiger partial charge < -0.3 is 53.7 Å². The summed E-state index contributed by atoms with van der Waals surface area (Å²) in [5.41, 5.74) is -2.76. The van der Waals surface area contributed by atoms with Crippen molar-refractivity contribution in [2.75, 3.05) is 13.2 Å². The van der Waals surface area contributed by atoms with Gasteiger partial charge in [-0.05, 0) is 62.9 Å². The molecular formula is C29H41BO12. The number of carbonyl (C=O) groups excluding carboxylic acids is 1. The number of hydrogen-bond acceptors (Lipinski definition) is 12. The molecule has 42 heavy (non-hydrogen) atoms. The molecule has 0 aromatic heterocycles. The van der Waals surface area contributed by atoms with Crippen LogP contribution in [0.25, 0.3) is 0 Å². The van der Waals surface area contributed by atoms with Gasteiger partial charge in [-0.3, -0.25) is 0 Å². The van der Waals surface area contributed by atoms with Crippen LogP contribution in [0.1, 0.15) is 58.8 Å². The molecule has 5 heterocycles. The van der Waals surface area contributed by atoms with Crippen LogP contribution in [0.4, 0.5) is 0 Å². The van der Waals surface area contributed by atoms with E-state index in [1.165, 1.54) is 0 Å². The second-order valence-electron chi connectivity index (χ2n) is 14.5. The zero-order valence-corrected chi connectivity index (χ0v) is 24.0. The zero-order chi connectivity index (χ0) is 29.4. The van der Waals surface area contributed by atoms with Crippen molar-refractivity contribution in [3.8, 4) is 0 Å². The average Bonchev–Trinajstić information content (AvgIpc) is 3.39. The minimum absolute atomic E-state index is 0.0160. The molecule has 0 amide bonds. The molecule has 0 radical (unpaired) electrons. The van der Waals surface area contributed by atoms with E-state index in [0.29, 0.717) is 32.1 Å². The standard InChI is InChI=1S/C29H41BO12/c1-13-22(32)23(33)24(34)25(39-13)40-15-8-19-28-12-38-30(42-19)41-18-10-26(2)16(14-7-20(31)37-11-14)4-6-29(26,36)17(21(18)28)3-5-27(28,35)9-15/h7,13,15-19,21-25,32-36H,3-6,8-12H2,1-2H3/t13-,15-,16+,17?,18+,19+,21+,22-,23+,24+,25-,26+,27-,28+,29-/m0/s1. The van der Waals surface area contributed by atoms with Crippen LogP contribution in [0.3, 0.4) is 0 Å². The summed E-state index contributed by atoms with van der Waals surface area (Å²) >= 11 is 0. The normalized spacial score (nSPS) is 58.2. The van der Waals surface area contributed by atoms with E-state index in [9.17, 15) is 30.3 Å². The molecule has 4 saturated carbocycles. The van der Waals surface area contributed by atoms with Gasteiger partial charge in [-0.25, -0.2) is 4.79 Å². The molecule has 2 bridgehead atoms. The highest BCUT2D eigenvalue weighted by atomic mass is 16.8. The van der Waals surface area contributed by atoms with Crippen LogP contribution in [0.5, 0.6) is 0 Å². The molecule has 1 unspecified atom stereocenters.